The number of ether oxygens (including phenoxy) is 3. The first-order valence-electron chi connectivity index (χ1n) is 34.0. The van der Waals surface area contributed by atoms with Crippen molar-refractivity contribution >= 4 is 17.9 Å². The van der Waals surface area contributed by atoms with E-state index >= 15 is 0 Å². The average Bonchev–Trinajstić information content (AvgIpc) is 3.49. The molecule has 0 amide bonds. The summed E-state index contributed by atoms with van der Waals surface area (Å²) in [7, 11) is 0. The zero-order valence-electron chi connectivity index (χ0n) is 53.7. The third-order valence-electron chi connectivity index (χ3n) is 14.1. The van der Waals surface area contributed by atoms with Gasteiger partial charge in [-0.2, -0.15) is 0 Å². The molecule has 6 nitrogen and oxygen atoms in total. The van der Waals surface area contributed by atoms with Gasteiger partial charge in [-0.3, -0.25) is 14.4 Å². The van der Waals surface area contributed by atoms with Crippen molar-refractivity contribution in [3.05, 3.63) is 158 Å². The van der Waals surface area contributed by atoms with Gasteiger partial charge in [0.1, 0.15) is 13.2 Å². The van der Waals surface area contributed by atoms with Gasteiger partial charge in [0, 0.05) is 12.8 Å². The molecule has 0 radical (unpaired) electrons. The molecule has 0 aromatic heterocycles. The van der Waals surface area contributed by atoms with E-state index < -0.39 is 12.1 Å². The van der Waals surface area contributed by atoms with Crippen LogP contribution in [-0.2, 0) is 28.6 Å². The summed E-state index contributed by atoms with van der Waals surface area (Å²) in [5, 5.41) is 0. The van der Waals surface area contributed by atoms with Gasteiger partial charge in [0.25, 0.3) is 0 Å². The van der Waals surface area contributed by atoms with Gasteiger partial charge in [-0.15, -0.1) is 0 Å². The lowest BCUT2D eigenvalue weighted by molar-refractivity contribution is -0.166. The van der Waals surface area contributed by atoms with Crippen molar-refractivity contribution in [3.8, 4) is 0 Å². The van der Waals surface area contributed by atoms with E-state index in [9.17, 15) is 14.4 Å². The third-order valence-corrected chi connectivity index (χ3v) is 14.1. The highest BCUT2D eigenvalue weighted by Gasteiger charge is 2.19. The highest BCUT2D eigenvalue weighted by Crippen LogP contribution is 2.16. The quantitative estimate of drug-likeness (QED) is 0.0261. The molecule has 0 bridgehead atoms. The molecule has 0 spiro atoms. The number of hydrogen-bond acceptors (Lipinski definition) is 6. The maximum absolute atomic E-state index is 12.9. The molecule has 83 heavy (non-hydrogen) atoms. The standard InChI is InChI=1S/C77H124O6/c1-4-7-10-13-16-19-22-25-28-30-31-32-33-34-35-36-37-38-39-40-41-42-43-44-45-47-49-52-55-58-61-64-67-70-76(79)82-73-74(72-81-75(78)69-66-63-60-57-54-51-48-27-24-21-18-15-12-9-6-3)83-77(80)71-68-65-62-59-56-53-50-46-29-26-23-20-17-14-11-8-5-2/h7,9-10,12,16,18-19,21,25,27-28,31-32,34-35,37-38,40-41,43-44,48,54,57,63,66,74H,4-6,8,11,13-15,17,20,22-24,26,29-30,33,36,39,42,45-47,49-53,55-56,58-62,64-65,67-73H2,1-3H3/b10-7-,12-9-,19-16-,21-18-,28-25-,32-31-,35-34-,38-37-,41-40-,44-43-,48-27-,57-54-,66-63-. The Morgan fingerprint density at radius 2 is 0.518 bits per heavy atom. The normalized spacial score (nSPS) is 13.1. The number of hydrogen-bond donors (Lipinski definition) is 0. The highest BCUT2D eigenvalue weighted by atomic mass is 16.6. The van der Waals surface area contributed by atoms with E-state index in [4.69, 9.17) is 14.2 Å². The molecule has 0 aliphatic heterocycles. The van der Waals surface area contributed by atoms with Crippen molar-refractivity contribution in [1.29, 1.82) is 0 Å². The molecule has 0 aliphatic rings. The fourth-order valence-corrected chi connectivity index (χ4v) is 9.06. The lowest BCUT2D eigenvalue weighted by Crippen LogP contribution is -2.30. The number of carbonyl (C=O) groups is 3. The van der Waals surface area contributed by atoms with Gasteiger partial charge in [0.05, 0.1) is 6.42 Å². The van der Waals surface area contributed by atoms with E-state index in [1.807, 2.05) is 6.08 Å². The van der Waals surface area contributed by atoms with Crippen molar-refractivity contribution in [2.24, 2.45) is 0 Å². The van der Waals surface area contributed by atoms with Crippen LogP contribution in [0.2, 0.25) is 0 Å². The second kappa shape index (κ2) is 69.5. The Bertz CT molecular complexity index is 1840. The summed E-state index contributed by atoms with van der Waals surface area (Å²) >= 11 is 0. The van der Waals surface area contributed by atoms with Gasteiger partial charge >= 0.3 is 17.9 Å². The molecule has 468 valence electrons. The van der Waals surface area contributed by atoms with E-state index in [-0.39, 0.29) is 31.6 Å². The largest absolute Gasteiger partial charge is 0.462 e. The lowest BCUT2D eigenvalue weighted by Gasteiger charge is -2.18. The Kier molecular flexibility index (Phi) is 65.4. The van der Waals surface area contributed by atoms with Crippen LogP contribution in [0.25, 0.3) is 0 Å². The Morgan fingerprint density at radius 1 is 0.265 bits per heavy atom. The van der Waals surface area contributed by atoms with E-state index in [0.29, 0.717) is 12.8 Å². The van der Waals surface area contributed by atoms with Gasteiger partial charge < -0.3 is 14.2 Å². The van der Waals surface area contributed by atoms with Crippen LogP contribution in [0, 0.1) is 0 Å². The van der Waals surface area contributed by atoms with Gasteiger partial charge in [-0.05, 0) is 109 Å². The maximum atomic E-state index is 12.9. The van der Waals surface area contributed by atoms with E-state index in [1.165, 1.54) is 122 Å². The minimum Gasteiger partial charge on any atom is -0.462 e. The fourth-order valence-electron chi connectivity index (χ4n) is 9.06. The summed E-state index contributed by atoms with van der Waals surface area (Å²) in [6, 6.07) is 0. The molecule has 0 rings (SSSR count). The van der Waals surface area contributed by atoms with Crippen LogP contribution >= 0.6 is 0 Å². The van der Waals surface area contributed by atoms with E-state index in [0.717, 1.165) is 128 Å². The predicted molar refractivity (Wildman–Crippen MR) is 362 cm³/mol. The van der Waals surface area contributed by atoms with Crippen molar-refractivity contribution in [2.75, 3.05) is 13.2 Å². The Balaban J connectivity index is 4.37. The Hall–Kier alpha value is -4.97. The number of esters is 3. The second-order valence-electron chi connectivity index (χ2n) is 22.0. The van der Waals surface area contributed by atoms with Crippen molar-refractivity contribution in [2.45, 2.75) is 297 Å². The molecule has 0 aliphatic carbocycles. The number of rotatable bonds is 60. The maximum Gasteiger partial charge on any atom is 0.309 e. The van der Waals surface area contributed by atoms with Gasteiger partial charge in [0.2, 0.25) is 0 Å². The molecular formula is C77H124O6. The van der Waals surface area contributed by atoms with Crippen molar-refractivity contribution in [3.63, 3.8) is 0 Å². The fraction of sp³-hybridized carbons (Fsp3) is 0.623. The van der Waals surface area contributed by atoms with Gasteiger partial charge in [-0.1, -0.05) is 320 Å². The van der Waals surface area contributed by atoms with Crippen LogP contribution in [0.4, 0.5) is 0 Å². The summed E-state index contributed by atoms with van der Waals surface area (Å²) in [4.78, 5) is 38.3. The number of carbonyl (C=O) groups excluding carboxylic acids is 3. The summed E-state index contributed by atoms with van der Waals surface area (Å²) < 4.78 is 16.8. The zero-order valence-corrected chi connectivity index (χ0v) is 53.7. The molecule has 0 saturated carbocycles. The van der Waals surface area contributed by atoms with Crippen LogP contribution < -0.4 is 0 Å². The van der Waals surface area contributed by atoms with E-state index in [2.05, 4.69) is 167 Å². The minimum atomic E-state index is -0.827. The zero-order chi connectivity index (χ0) is 59.9. The van der Waals surface area contributed by atoms with Crippen molar-refractivity contribution in [1.82, 2.24) is 0 Å². The van der Waals surface area contributed by atoms with Crippen LogP contribution in [-0.4, -0.2) is 37.2 Å². The minimum absolute atomic E-state index is 0.116. The molecule has 0 saturated heterocycles. The van der Waals surface area contributed by atoms with Gasteiger partial charge in [0.15, 0.2) is 6.10 Å². The first-order valence-corrected chi connectivity index (χ1v) is 34.0. The highest BCUT2D eigenvalue weighted by molar-refractivity contribution is 5.72. The number of unbranched alkanes of at least 4 members (excludes halogenated alkanes) is 24. The molecule has 0 heterocycles. The van der Waals surface area contributed by atoms with Crippen LogP contribution in [0.15, 0.2) is 158 Å². The summed E-state index contributed by atoms with van der Waals surface area (Å²) in [6.45, 7) is 6.33. The molecule has 1 unspecified atom stereocenters. The molecule has 6 heteroatoms. The average molecular weight is 1150 g/mol. The SMILES string of the molecule is CC/C=C\C/C=C\C/C=C\C/C=C\C/C=C\C/C=C\C/C=C\C/C=C\CCCCCCCCCCC(=O)OCC(COC(=O)C/C=C\C/C=C\C/C=C\C/C=C\C/C=C\CC)OC(=O)CCCCCCCCCCCCCCCCCCC. The molecule has 0 aromatic rings. The first kappa shape index (κ1) is 78.0. The Labute approximate surface area is 511 Å². The molecule has 0 N–H and O–H groups in total. The predicted octanol–water partition coefficient (Wildman–Crippen LogP) is 23.7. The van der Waals surface area contributed by atoms with Gasteiger partial charge in [-0.25, -0.2) is 0 Å². The Morgan fingerprint density at radius 3 is 0.843 bits per heavy atom. The summed E-state index contributed by atoms with van der Waals surface area (Å²) in [5.41, 5.74) is 0. The monoisotopic (exact) mass is 1140 g/mol. The molecule has 0 aromatic carbocycles. The smallest absolute Gasteiger partial charge is 0.309 e. The third kappa shape index (κ3) is 67.7. The van der Waals surface area contributed by atoms with E-state index in [1.54, 1.807) is 6.08 Å². The lowest BCUT2D eigenvalue weighted by atomic mass is 10.0. The van der Waals surface area contributed by atoms with Crippen LogP contribution in [0.1, 0.15) is 290 Å². The molecule has 0 fully saturated rings. The van der Waals surface area contributed by atoms with Crippen LogP contribution in [0.5, 0.6) is 0 Å². The number of allylic oxidation sites excluding steroid dienone is 25. The first-order chi connectivity index (χ1) is 41.0. The second-order valence-corrected chi connectivity index (χ2v) is 22.0. The van der Waals surface area contributed by atoms with Crippen molar-refractivity contribution < 1.29 is 28.6 Å². The van der Waals surface area contributed by atoms with Crippen LogP contribution in [0.3, 0.4) is 0 Å². The summed E-state index contributed by atoms with van der Waals surface area (Å²) in [6.07, 6.45) is 101. The summed E-state index contributed by atoms with van der Waals surface area (Å²) in [5.74, 6) is -1.05. The molecule has 1 atom stereocenters. The molecular weight excluding hydrogens is 1020 g/mol. The topological polar surface area (TPSA) is 78.9 Å².